The molecular formula is C51H31N3O2. The molecule has 12 rings (SSSR count). The Morgan fingerprint density at radius 3 is 1.70 bits per heavy atom. The fourth-order valence-corrected chi connectivity index (χ4v) is 8.64. The number of amidine groups is 2. The maximum Gasteiger partial charge on any atom is 0.169 e. The number of hydrogen-bond acceptors (Lipinski definition) is 5. The first-order valence-corrected chi connectivity index (χ1v) is 18.9. The van der Waals surface area contributed by atoms with Gasteiger partial charge in [0.2, 0.25) is 0 Å². The zero-order chi connectivity index (χ0) is 36.7. The van der Waals surface area contributed by atoms with Crippen molar-refractivity contribution in [3.05, 3.63) is 193 Å². The van der Waals surface area contributed by atoms with Crippen LogP contribution in [0.1, 0.15) is 22.9 Å². The van der Waals surface area contributed by atoms with Crippen LogP contribution in [0.3, 0.4) is 0 Å². The number of furan rings is 2. The van der Waals surface area contributed by atoms with Gasteiger partial charge in [-0.2, -0.15) is 0 Å². The standard InChI is InChI=1S/C51H31N3O2/c1-2-11-30(12-3-1)49-52-50(32-22-25-41-40-17-8-9-20-45(40)55-46(41)28-32)54-51(53-49)33-23-26-42-43-19-10-18-34(48(43)56-47(42)29-33)31-21-24-39-37-15-5-4-13-35(37)36-14-6-7-16-38(36)44(39)27-31/h1-29,51H,(H,52,53,54). The summed E-state index contributed by atoms with van der Waals surface area (Å²) in [7, 11) is 0. The molecule has 262 valence electrons. The third kappa shape index (κ3) is 4.74. The predicted octanol–water partition coefficient (Wildman–Crippen LogP) is 13.1. The molecule has 1 aliphatic rings. The number of aliphatic imine (C=N–C) groups is 2. The summed E-state index contributed by atoms with van der Waals surface area (Å²) in [5.41, 5.74) is 8.40. The van der Waals surface area contributed by atoms with Gasteiger partial charge >= 0.3 is 0 Å². The Balaban J connectivity index is 0.986. The molecule has 0 bridgehead atoms. The van der Waals surface area contributed by atoms with Gasteiger partial charge in [0.15, 0.2) is 6.17 Å². The average molecular weight is 718 g/mol. The summed E-state index contributed by atoms with van der Waals surface area (Å²) < 4.78 is 13.1. The molecule has 1 aliphatic heterocycles. The van der Waals surface area contributed by atoms with E-state index in [9.17, 15) is 0 Å². The van der Waals surface area contributed by atoms with Gasteiger partial charge in [0, 0.05) is 43.8 Å². The number of rotatable bonds is 4. The molecule has 0 saturated carbocycles. The lowest BCUT2D eigenvalue weighted by molar-refractivity contribution is 0.666. The lowest BCUT2D eigenvalue weighted by atomic mass is 9.92. The van der Waals surface area contributed by atoms with Gasteiger partial charge in [-0.1, -0.05) is 146 Å². The van der Waals surface area contributed by atoms with E-state index in [2.05, 4.69) is 145 Å². The zero-order valence-corrected chi connectivity index (χ0v) is 30.0. The summed E-state index contributed by atoms with van der Waals surface area (Å²) in [6, 6.07) is 61.6. The minimum atomic E-state index is -0.492. The van der Waals surface area contributed by atoms with Crippen molar-refractivity contribution in [2.24, 2.45) is 9.98 Å². The molecule has 5 nitrogen and oxygen atoms in total. The third-order valence-electron chi connectivity index (χ3n) is 11.3. The quantitative estimate of drug-likeness (QED) is 0.184. The molecular weight excluding hydrogens is 687 g/mol. The van der Waals surface area contributed by atoms with Crippen molar-refractivity contribution >= 4 is 87.9 Å². The van der Waals surface area contributed by atoms with E-state index < -0.39 is 6.17 Å². The maximum atomic E-state index is 6.81. The molecule has 1 N–H and O–H groups in total. The molecule has 2 aromatic heterocycles. The van der Waals surface area contributed by atoms with E-state index in [1.165, 1.54) is 32.3 Å². The monoisotopic (exact) mass is 717 g/mol. The largest absolute Gasteiger partial charge is 0.456 e. The molecule has 0 fully saturated rings. The van der Waals surface area contributed by atoms with E-state index >= 15 is 0 Å². The van der Waals surface area contributed by atoms with E-state index in [0.717, 1.165) is 83.4 Å². The lowest BCUT2D eigenvalue weighted by Crippen LogP contribution is -2.36. The van der Waals surface area contributed by atoms with Crippen molar-refractivity contribution < 1.29 is 8.83 Å². The third-order valence-corrected chi connectivity index (χ3v) is 11.3. The van der Waals surface area contributed by atoms with Gasteiger partial charge in [-0.3, -0.25) is 0 Å². The number of nitrogens with one attached hydrogen (secondary N) is 1. The summed E-state index contributed by atoms with van der Waals surface area (Å²) in [5.74, 6) is 1.49. The second-order valence-corrected chi connectivity index (χ2v) is 14.5. The Hall–Kier alpha value is -7.50. The molecule has 5 heteroatoms. The highest BCUT2D eigenvalue weighted by Crippen LogP contribution is 2.41. The van der Waals surface area contributed by atoms with Gasteiger partial charge < -0.3 is 14.2 Å². The zero-order valence-electron chi connectivity index (χ0n) is 30.0. The minimum Gasteiger partial charge on any atom is -0.456 e. The SMILES string of the molecule is c1ccc(C2=NC(c3ccc4c(c3)oc3c(-c5ccc6c7ccccc7c7ccccc7c6c5)cccc34)N=C(c3ccc4c(c3)oc3ccccc34)N2)cc1. The highest BCUT2D eigenvalue weighted by atomic mass is 16.3. The van der Waals surface area contributed by atoms with Crippen LogP contribution < -0.4 is 5.32 Å². The molecule has 11 aromatic rings. The first-order valence-electron chi connectivity index (χ1n) is 18.9. The van der Waals surface area contributed by atoms with Crippen molar-refractivity contribution in [3.8, 4) is 11.1 Å². The van der Waals surface area contributed by atoms with Crippen LogP contribution in [0, 0.1) is 0 Å². The fraction of sp³-hybridized carbons (Fsp3) is 0.0196. The molecule has 0 amide bonds. The molecule has 56 heavy (non-hydrogen) atoms. The molecule has 9 aromatic carbocycles. The average Bonchev–Trinajstić information content (AvgIpc) is 3.84. The summed E-state index contributed by atoms with van der Waals surface area (Å²) in [6.45, 7) is 0. The highest BCUT2D eigenvalue weighted by molar-refractivity contribution is 6.26. The second-order valence-electron chi connectivity index (χ2n) is 14.5. The maximum absolute atomic E-state index is 6.81. The van der Waals surface area contributed by atoms with Crippen LogP contribution >= 0.6 is 0 Å². The van der Waals surface area contributed by atoms with Gasteiger partial charge in [0.25, 0.3) is 0 Å². The van der Waals surface area contributed by atoms with Crippen molar-refractivity contribution in [1.29, 1.82) is 0 Å². The molecule has 1 atom stereocenters. The normalized spacial score (nSPS) is 14.6. The van der Waals surface area contributed by atoms with Crippen molar-refractivity contribution in [2.75, 3.05) is 0 Å². The van der Waals surface area contributed by atoms with Crippen LogP contribution in [0.2, 0.25) is 0 Å². The van der Waals surface area contributed by atoms with E-state index in [1.807, 2.05) is 36.4 Å². The molecule has 0 radical (unpaired) electrons. The molecule has 0 spiro atoms. The Morgan fingerprint density at radius 2 is 0.911 bits per heavy atom. The minimum absolute atomic E-state index is 0.492. The summed E-state index contributed by atoms with van der Waals surface area (Å²) in [4.78, 5) is 10.3. The van der Waals surface area contributed by atoms with E-state index in [1.54, 1.807) is 0 Å². The first-order chi connectivity index (χ1) is 27.7. The van der Waals surface area contributed by atoms with Crippen molar-refractivity contribution in [2.45, 2.75) is 6.17 Å². The fourth-order valence-electron chi connectivity index (χ4n) is 8.64. The number of para-hydroxylation sites is 2. The van der Waals surface area contributed by atoms with Gasteiger partial charge in [0.1, 0.15) is 34.0 Å². The Kier molecular flexibility index (Phi) is 6.63. The Bertz CT molecular complexity index is 3430. The summed E-state index contributed by atoms with van der Waals surface area (Å²) in [6.07, 6.45) is -0.492. The molecule has 1 unspecified atom stereocenters. The van der Waals surface area contributed by atoms with Crippen LogP contribution in [-0.2, 0) is 0 Å². The Labute approximate surface area is 320 Å². The van der Waals surface area contributed by atoms with Gasteiger partial charge in [-0.15, -0.1) is 0 Å². The van der Waals surface area contributed by atoms with Gasteiger partial charge in [-0.05, 0) is 68.2 Å². The van der Waals surface area contributed by atoms with Gasteiger partial charge in [-0.25, -0.2) is 9.98 Å². The summed E-state index contributed by atoms with van der Waals surface area (Å²) >= 11 is 0. The lowest BCUT2D eigenvalue weighted by Gasteiger charge is -2.22. The smallest absolute Gasteiger partial charge is 0.169 e. The second kappa shape index (κ2) is 12.0. The number of nitrogens with zero attached hydrogens (tertiary/aromatic N) is 2. The van der Waals surface area contributed by atoms with E-state index in [4.69, 9.17) is 18.8 Å². The van der Waals surface area contributed by atoms with Crippen LogP contribution in [-0.4, -0.2) is 11.7 Å². The Morgan fingerprint density at radius 1 is 0.357 bits per heavy atom. The van der Waals surface area contributed by atoms with Crippen LogP contribution in [0.5, 0.6) is 0 Å². The van der Waals surface area contributed by atoms with Crippen LogP contribution in [0.15, 0.2) is 195 Å². The van der Waals surface area contributed by atoms with E-state index in [0.29, 0.717) is 0 Å². The predicted molar refractivity (Wildman–Crippen MR) is 231 cm³/mol. The number of benzene rings is 9. The van der Waals surface area contributed by atoms with E-state index in [-0.39, 0.29) is 0 Å². The molecule has 0 aliphatic carbocycles. The highest BCUT2D eigenvalue weighted by Gasteiger charge is 2.23. The number of fused-ring (bicyclic) bond motifs is 12. The topological polar surface area (TPSA) is 63.0 Å². The number of hydrogen-bond donors (Lipinski definition) is 1. The molecule has 3 heterocycles. The summed E-state index contributed by atoms with van der Waals surface area (Å²) in [5, 5.41) is 15.4. The first kappa shape index (κ1) is 30.9. The molecule has 0 saturated heterocycles. The van der Waals surface area contributed by atoms with Crippen molar-refractivity contribution in [3.63, 3.8) is 0 Å². The van der Waals surface area contributed by atoms with Gasteiger partial charge in [0.05, 0.1) is 0 Å². The van der Waals surface area contributed by atoms with Crippen LogP contribution in [0.25, 0.3) is 87.3 Å². The van der Waals surface area contributed by atoms with Crippen LogP contribution in [0.4, 0.5) is 0 Å². The van der Waals surface area contributed by atoms with Crippen molar-refractivity contribution in [1.82, 2.24) is 5.32 Å².